The fraction of sp³-hybridized carbons (Fsp3) is 0.0952. The summed E-state index contributed by atoms with van der Waals surface area (Å²) < 4.78 is 119. The minimum Gasteiger partial charge on any atom is -0.744 e. The summed E-state index contributed by atoms with van der Waals surface area (Å²) in [6.07, 6.45) is -1.19. The third kappa shape index (κ3) is 11.5. The van der Waals surface area contributed by atoms with Gasteiger partial charge >= 0.3 is 124 Å². The minimum absolute atomic E-state index is 0. The molecule has 2 heterocycles. The quantitative estimate of drug-likeness (QED) is 0.0910. The van der Waals surface area contributed by atoms with E-state index in [0.717, 1.165) is 12.1 Å². The summed E-state index contributed by atoms with van der Waals surface area (Å²) in [5.74, 6) is -4.11. The van der Waals surface area contributed by atoms with Crippen molar-refractivity contribution < 1.29 is 176 Å². The Kier molecular flexibility index (Phi) is 18.3. The standard InChI is InChI=1S/C21H15ClFN7O12S3.4Na/c1-8-15(22)18(26-21(23)24-8)25-9-2-4-13(44(37,38)39)11(6-9)27-28-16-17(20(32)33)29-30(19(16)31)12-7-10(43(34,35)36)3-5-14(12)45(40,41)42;;;;/h2-7,16H,1H3,(H,32,33)(H,24,25,26)(H,34,35,36)(H,37,38,39)(H,40,41,42);;;;/q;4*+1/p-4. The molecule has 1 aliphatic heterocycles. The van der Waals surface area contributed by atoms with Crippen LogP contribution in [-0.4, -0.2) is 72.5 Å². The molecule has 0 radical (unpaired) electrons. The van der Waals surface area contributed by atoms with E-state index in [9.17, 15) is 58.0 Å². The van der Waals surface area contributed by atoms with Crippen LogP contribution in [0.3, 0.4) is 0 Å². The Balaban J connectivity index is 0.00000576. The van der Waals surface area contributed by atoms with Crippen molar-refractivity contribution in [1.29, 1.82) is 0 Å². The van der Waals surface area contributed by atoms with Gasteiger partial charge < -0.3 is 28.9 Å². The SMILES string of the molecule is Cc1nc(F)nc(Nc2ccc(S(=O)(=O)[O-])c(N=NC3C(=O)N(c4cc(S(=O)(=O)[O-])ccc4S(=O)(=O)[O-])N=C3C(=O)[O-])c2)c1Cl.[Na+].[Na+].[Na+].[Na+]. The van der Waals surface area contributed by atoms with Crippen LogP contribution < -0.4 is 134 Å². The van der Waals surface area contributed by atoms with Gasteiger partial charge in [-0.25, -0.2) is 30.2 Å². The second kappa shape index (κ2) is 18.5. The molecule has 0 spiro atoms. The fourth-order valence-electron chi connectivity index (χ4n) is 3.65. The van der Waals surface area contributed by atoms with Crippen LogP contribution in [0.25, 0.3) is 0 Å². The molecule has 0 saturated heterocycles. The van der Waals surface area contributed by atoms with Crippen LogP contribution in [0.15, 0.2) is 66.4 Å². The fourth-order valence-corrected chi connectivity index (χ4v) is 5.50. The number of aromatic nitrogens is 2. The molecular weight excluding hydrogens is 785 g/mol. The first-order chi connectivity index (χ1) is 20.7. The summed E-state index contributed by atoms with van der Waals surface area (Å²) in [7, 11) is -16.1. The van der Waals surface area contributed by atoms with Gasteiger partial charge in [0.2, 0.25) is 0 Å². The topological polar surface area (TPSA) is 307 Å². The first-order valence-electron chi connectivity index (χ1n) is 11.4. The number of azo groups is 1. The van der Waals surface area contributed by atoms with Crippen LogP contribution in [0.5, 0.6) is 0 Å². The molecule has 1 N–H and O–H groups in total. The van der Waals surface area contributed by atoms with Crippen molar-refractivity contribution in [2.75, 3.05) is 10.3 Å². The molecule has 1 unspecified atom stereocenters. The molecule has 2 aromatic carbocycles. The number of benzene rings is 2. The molecule has 238 valence electrons. The predicted molar refractivity (Wildman–Crippen MR) is 140 cm³/mol. The molecule has 1 atom stereocenters. The van der Waals surface area contributed by atoms with Gasteiger partial charge in [-0.1, -0.05) is 11.6 Å². The monoisotopic (exact) mass is 795 g/mol. The Morgan fingerprint density at radius 2 is 1.49 bits per heavy atom. The maximum atomic E-state index is 13.7. The zero-order valence-electron chi connectivity index (χ0n) is 25.6. The zero-order valence-corrected chi connectivity index (χ0v) is 36.8. The molecule has 28 heteroatoms. The summed E-state index contributed by atoms with van der Waals surface area (Å²) in [6.45, 7) is 1.34. The van der Waals surface area contributed by atoms with Crippen molar-refractivity contribution in [2.45, 2.75) is 27.7 Å². The number of carboxylic acid groups (broad SMARTS) is 1. The van der Waals surface area contributed by atoms with Gasteiger partial charge in [0, 0.05) is 5.69 Å². The molecule has 4 rings (SSSR count). The van der Waals surface area contributed by atoms with E-state index < -0.39 is 86.1 Å². The number of aryl methyl sites for hydroxylation is 1. The van der Waals surface area contributed by atoms with Gasteiger partial charge in [-0.15, -0.1) is 0 Å². The van der Waals surface area contributed by atoms with Crippen molar-refractivity contribution in [2.24, 2.45) is 15.3 Å². The molecule has 1 aliphatic rings. The van der Waals surface area contributed by atoms with Crippen LogP contribution in [-0.2, 0) is 39.9 Å². The third-order valence-corrected chi connectivity index (χ3v) is 8.65. The van der Waals surface area contributed by atoms with Gasteiger partial charge in [0.1, 0.15) is 46.8 Å². The minimum atomic E-state index is -5.51. The second-order valence-electron chi connectivity index (χ2n) is 8.58. The third-order valence-electron chi connectivity index (χ3n) is 5.60. The van der Waals surface area contributed by atoms with E-state index in [2.05, 4.69) is 30.6 Å². The number of nitrogens with zero attached hydrogens (tertiary/aromatic N) is 6. The summed E-state index contributed by atoms with van der Waals surface area (Å²) in [4.78, 5) is 28.3. The molecule has 0 bridgehead atoms. The maximum absolute atomic E-state index is 13.7. The number of carbonyl (C=O) groups excluding carboxylic acids is 2. The van der Waals surface area contributed by atoms with Gasteiger partial charge in [0.05, 0.1) is 32.0 Å². The van der Waals surface area contributed by atoms with Gasteiger partial charge in [-0.3, -0.25) is 4.79 Å². The molecule has 1 aromatic heterocycles. The number of amides is 1. The van der Waals surface area contributed by atoms with Crippen LogP contribution in [0.1, 0.15) is 5.69 Å². The number of rotatable bonds is 9. The number of aliphatic carboxylic acids is 1. The number of anilines is 3. The average molecular weight is 796 g/mol. The Labute approximate surface area is 370 Å². The number of nitrogens with one attached hydrogen (secondary N) is 1. The zero-order chi connectivity index (χ0) is 33.6. The largest absolute Gasteiger partial charge is 1.00 e. The maximum Gasteiger partial charge on any atom is 1.00 e. The Morgan fingerprint density at radius 1 is 0.918 bits per heavy atom. The number of hydrazone groups is 1. The average Bonchev–Trinajstić information content (AvgIpc) is 3.24. The predicted octanol–water partition coefficient (Wildman–Crippen LogP) is -12.3. The van der Waals surface area contributed by atoms with E-state index in [1.807, 2.05) is 0 Å². The first-order valence-corrected chi connectivity index (χ1v) is 16.0. The van der Waals surface area contributed by atoms with Gasteiger partial charge in [0.25, 0.3) is 5.91 Å². The van der Waals surface area contributed by atoms with E-state index in [1.165, 1.54) is 6.92 Å². The molecule has 0 saturated carbocycles. The normalized spacial score (nSPS) is 14.6. The number of carbonyl (C=O) groups is 2. The molecule has 49 heavy (non-hydrogen) atoms. The van der Waals surface area contributed by atoms with Crippen molar-refractivity contribution in [3.63, 3.8) is 0 Å². The molecule has 0 aliphatic carbocycles. The van der Waals surface area contributed by atoms with Crippen LogP contribution in [0.4, 0.5) is 27.3 Å². The van der Waals surface area contributed by atoms with E-state index in [-0.39, 0.29) is 152 Å². The number of hydrogen-bond donors (Lipinski definition) is 1. The number of carboxylic acids is 1. The van der Waals surface area contributed by atoms with Crippen LogP contribution >= 0.6 is 11.6 Å². The summed E-state index contributed by atoms with van der Waals surface area (Å²) >= 11 is 6.04. The van der Waals surface area contributed by atoms with Crippen molar-refractivity contribution in [3.8, 4) is 0 Å². The summed E-state index contributed by atoms with van der Waals surface area (Å²) in [6, 6.07) is 1.26. The Morgan fingerprint density at radius 3 is 2.02 bits per heavy atom. The number of hydrogen-bond acceptors (Lipinski definition) is 18. The second-order valence-corrected chi connectivity index (χ2v) is 13.0. The molecule has 3 aromatic rings. The molecule has 0 fully saturated rings. The van der Waals surface area contributed by atoms with E-state index in [1.54, 1.807) is 0 Å². The van der Waals surface area contributed by atoms with E-state index in [0.29, 0.717) is 18.2 Å². The molecule has 1 amide bonds. The summed E-state index contributed by atoms with van der Waals surface area (Å²) in [5, 5.41) is 24.3. The van der Waals surface area contributed by atoms with Crippen molar-refractivity contribution in [1.82, 2.24) is 9.97 Å². The van der Waals surface area contributed by atoms with Gasteiger partial charge in [-0.2, -0.15) is 29.7 Å². The van der Waals surface area contributed by atoms with Crippen molar-refractivity contribution >= 4 is 82.4 Å². The smallest absolute Gasteiger partial charge is 0.744 e. The molecule has 19 nitrogen and oxygen atoms in total. The summed E-state index contributed by atoms with van der Waals surface area (Å²) in [5.41, 5.74) is -3.39. The van der Waals surface area contributed by atoms with Crippen LogP contribution in [0.2, 0.25) is 5.02 Å². The van der Waals surface area contributed by atoms with E-state index >= 15 is 0 Å². The molecular formula is C21H11ClFN7Na4O12S3. The first kappa shape index (κ1) is 48.5. The number of halogens is 2. The Hall–Kier alpha value is -0.520. The van der Waals surface area contributed by atoms with Crippen molar-refractivity contribution in [3.05, 3.63) is 53.2 Å². The van der Waals surface area contributed by atoms with Gasteiger partial charge in [-0.05, 0) is 43.3 Å². The van der Waals surface area contributed by atoms with Crippen LogP contribution in [0, 0.1) is 13.0 Å². The Bertz CT molecular complexity index is 2200. The van der Waals surface area contributed by atoms with E-state index in [4.69, 9.17) is 11.6 Å². The van der Waals surface area contributed by atoms with Gasteiger partial charge in [0.15, 0.2) is 11.9 Å².